The van der Waals surface area contributed by atoms with Crippen molar-refractivity contribution < 1.29 is 14.0 Å². The Morgan fingerprint density at radius 2 is 1.70 bits per heavy atom. The molecule has 2 aliphatic rings. The molecular formula is C30H33FN4O2. The summed E-state index contributed by atoms with van der Waals surface area (Å²) in [6, 6.07) is 19.9. The number of anilines is 1. The summed E-state index contributed by atoms with van der Waals surface area (Å²) in [6.07, 6.45) is 3.30. The highest BCUT2D eigenvalue weighted by atomic mass is 19.1. The zero-order valence-corrected chi connectivity index (χ0v) is 20.8. The van der Waals surface area contributed by atoms with Gasteiger partial charge in [-0.15, -0.1) is 0 Å². The van der Waals surface area contributed by atoms with Crippen molar-refractivity contribution in [3.63, 3.8) is 0 Å². The van der Waals surface area contributed by atoms with Gasteiger partial charge in [-0.05, 0) is 78.7 Å². The third-order valence-corrected chi connectivity index (χ3v) is 7.68. The molecule has 2 atom stereocenters. The SMILES string of the molecule is NC(=O)c1ccc(CC(=O)N2CCC(CNC3CC3c3ccc(F)cc3)CC2)cc1-c1ccccc1N. The molecule has 2 fully saturated rings. The zero-order chi connectivity index (χ0) is 25.9. The van der Waals surface area contributed by atoms with Crippen LogP contribution in [0.4, 0.5) is 10.1 Å². The van der Waals surface area contributed by atoms with E-state index in [1.165, 1.54) is 17.7 Å². The number of hydrogen-bond acceptors (Lipinski definition) is 4. The molecule has 0 radical (unpaired) electrons. The lowest BCUT2D eigenvalue weighted by atomic mass is 9.94. The summed E-state index contributed by atoms with van der Waals surface area (Å²) in [6.45, 7) is 2.44. The van der Waals surface area contributed by atoms with Crippen molar-refractivity contribution >= 4 is 17.5 Å². The van der Waals surface area contributed by atoms with E-state index >= 15 is 0 Å². The van der Waals surface area contributed by atoms with Gasteiger partial charge >= 0.3 is 0 Å². The predicted octanol–water partition coefficient (Wildman–Crippen LogP) is 4.10. The van der Waals surface area contributed by atoms with Gasteiger partial charge < -0.3 is 21.7 Å². The van der Waals surface area contributed by atoms with E-state index in [9.17, 15) is 14.0 Å². The van der Waals surface area contributed by atoms with Gasteiger partial charge in [-0.25, -0.2) is 4.39 Å². The molecule has 6 nitrogen and oxygen atoms in total. The molecule has 1 aliphatic carbocycles. The van der Waals surface area contributed by atoms with Crippen LogP contribution in [-0.2, 0) is 11.2 Å². The van der Waals surface area contributed by atoms with Crippen LogP contribution >= 0.6 is 0 Å². The highest BCUT2D eigenvalue weighted by Crippen LogP contribution is 2.41. The Morgan fingerprint density at radius 1 is 0.973 bits per heavy atom. The minimum atomic E-state index is -0.526. The van der Waals surface area contributed by atoms with Gasteiger partial charge in [-0.3, -0.25) is 9.59 Å². The van der Waals surface area contributed by atoms with Crippen molar-refractivity contribution in [3.05, 3.63) is 89.2 Å². The molecule has 1 heterocycles. The fraction of sp³-hybridized carbons (Fsp3) is 0.333. The molecule has 37 heavy (non-hydrogen) atoms. The van der Waals surface area contributed by atoms with Gasteiger partial charge in [-0.1, -0.05) is 36.4 Å². The Hall–Kier alpha value is -3.71. The summed E-state index contributed by atoms with van der Waals surface area (Å²) in [5, 5.41) is 3.67. The molecule has 5 rings (SSSR count). The number of carbonyl (C=O) groups excluding carboxylic acids is 2. The Balaban J connectivity index is 1.13. The van der Waals surface area contributed by atoms with E-state index in [0.717, 1.165) is 50.0 Å². The smallest absolute Gasteiger partial charge is 0.249 e. The number of likely N-dealkylation sites (tertiary alicyclic amines) is 1. The number of piperidine rings is 1. The summed E-state index contributed by atoms with van der Waals surface area (Å²) < 4.78 is 13.2. The number of carbonyl (C=O) groups is 2. The minimum absolute atomic E-state index is 0.0868. The molecule has 3 aromatic carbocycles. The van der Waals surface area contributed by atoms with Crippen molar-refractivity contribution in [2.24, 2.45) is 11.7 Å². The normalized spacial score (nSPS) is 19.5. The molecule has 1 aliphatic heterocycles. The number of nitrogen functional groups attached to an aromatic ring is 1. The fourth-order valence-corrected chi connectivity index (χ4v) is 5.37. The standard InChI is InChI=1S/C30H33FN4O2/c31-22-8-6-21(7-9-22)25-17-28(25)34-18-19-11-13-35(14-12-19)29(36)16-20-5-10-24(30(33)37)26(15-20)23-3-1-2-4-27(23)32/h1-10,15,19,25,28,34H,11-14,16-18,32H2,(H2,33,37). The largest absolute Gasteiger partial charge is 0.398 e. The first kappa shape index (κ1) is 25.0. The Morgan fingerprint density at radius 3 is 2.41 bits per heavy atom. The van der Waals surface area contributed by atoms with E-state index in [0.29, 0.717) is 34.7 Å². The van der Waals surface area contributed by atoms with Crippen LogP contribution in [0.3, 0.4) is 0 Å². The number of hydrogen-bond donors (Lipinski definition) is 3. The third-order valence-electron chi connectivity index (χ3n) is 7.68. The van der Waals surface area contributed by atoms with Crippen LogP contribution in [0.1, 0.15) is 46.7 Å². The van der Waals surface area contributed by atoms with Crippen molar-refractivity contribution in [1.29, 1.82) is 0 Å². The summed E-state index contributed by atoms with van der Waals surface area (Å²) in [5.41, 5.74) is 16.1. The van der Waals surface area contributed by atoms with E-state index in [-0.39, 0.29) is 18.1 Å². The molecule has 5 N–H and O–H groups in total. The summed E-state index contributed by atoms with van der Waals surface area (Å²) >= 11 is 0. The quantitative estimate of drug-likeness (QED) is 0.405. The molecule has 192 valence electrons. The fourth-order valence-electron chi connectivity index (χ4n) is 5.37. The summed E-state index contributed by atoms with van der Waals surface area (Å²) in [5.74, 6) is 0.380. The number of primary amides is 1. The lowest BCUT2D eigenvalue weighted by Gasteiger charge is -2.32. The van der Waals surface area contributed by atoms with Crippen LogP contribution in [0.25, 0.3) is 11.1 Å². The van der Waals surface area contributed by atoms with Gasteiger partial charge in [-0.2, -0.15) is 0 Å². The van der Waals surface area contributed by atoms with E-state index in [2.05, 4.69) is 5.32 Å². The second-order valence-corrected chi connectivity index (χ2v) is 10.2. The van der Waals surface area contributed by atoms with Crippen LogP contribution < -0.4 is 16.8 Å². The van der Waals surface area contributed by atoms with Gasteiger partial charge in [0.1, 0.15) is 5.82 Å². The Labute approximate surface area is 216 Å². The van der Waals surface area contributed by atoms with Gasteiger partial charge in [0.15, 0.2) is 0 Å². The summed E-state index contributed by atoms with van der Waals surface area (Å²) in [4.78, 5) is 27.0. The lowest BCUT2D eigenvalue weighted by molar-refractivity contribution is -0.131. The second-order valence-electron chi connectivity index (χ2n) is 10.2. The molecule has 0 bridgehead atoms. The highest BCUT2D eigenvalue weighted by Gasteiger charge is 2.38. The van der Waals surface area contributed by atoms with Crippen molar-refractivity contribution in [2.45, 2.75) is 37.6 Å². The number of benzene rings is 3. The molecule has 0 spiro atoms. The maximum absolute atomic E-state index is 13.2. The number of nitrogens with zero attached hydrogens (tertiary/aromatic N) is 1. The Kier molecular flexibility index (Phi) is 7.24. The molecule has 2 unspecified atom stereocenters. The van der Waals surface area contributed by atoms with Crippen LogP contribution in [0.15, 0.2) is 66.7 Å². The first-order valence-corrected chi connectivity index (χ1v) is 12.9. The van der Waals surface area contributed by atoms with E-state index in [1.54, 1.807) is 18.2 Å². The van der Waals surface area contributed by atoms with Gasteiger partial charge in [0.05, 0.1) is 6.42 Å². The molecule has 7 heteroatoms. The van der Waals surface area contributed by atoms with Crippen LogP contribution in [-0.4, -0.2) is 42.4 Å². The number of halogens is 1. The maximum Gasteiger partial charge on any atom is 0.249 e. The topological polar surface area (TPSA) is 101 Å². The maximum atomic E-state index is 13.2. The third kappa shape index (κ3) is 5.83. The molecule has 1 saturated heterocycles. The predicted molar refractivity (Wildman–Crippen MR) is 143 cm³/mol. The first-order chi connectivity index (χ1) is 17.9. The average Bonchev–Trinajstić information content (AvgIpc) is 3.68. The lowest BCUT2D eigenvalue weighted by Crippen LogP contribution is -2.41. The van der Waals surface area contributed by atoms with Crippen LogP contribution in [0.5, 0.6) is 0 Å². The molecule has 0 aromatic heterocycles. The number of para-hydroxylation sites is 1. The van der Waals surface area contributed by atoms with Crippen LogP contribution in [0, 0.1) is 11.7 Å². The number of nitrogens with two attached hydrogens (primary N) is 2. The first-order valence-electron chi connectivity index (χ1n) is 12.9. The van der Waals surface area contributed by atoms with E-state index in [1.807, 2.05) is 41.3 Å². The van der Waals surface area contributed by atoms with Crippen molar-refractivity contribution in [1.82, 2.24) is 10.2 Å². The highest BCUT2D eigenvalue weighted by molar-refractivity contribution is 6.01. The average molecular weight is 501 g/mol. The number of nitrogens with one attached hydrogen (secondary N) is 1. The molecular weight excluding hydrogens is 467 g/mol. The van der Waals surface area contributed by atoms with Crippen molar-refractivity contribution in [2.75, 3.05) is 25.4 Å². The monoisotopic (exact) mass is 500 g/mol. The second kappa shape index (κ2) is 10.7. The van der Waals surface area contributed by atoms with Crippen LogP contribution in [0.2, 0.25) is 0 Å². The Bertz CT molecular complexity index is 1280. The number of rotatable bonds is 8. The molecule has 2 amide bonds. The van der Waals surface area contributed by atoms with Gasteiger partial charge in [0, 0.05) is 41.9 Å². The van der Waals surface area contributed by atoms with Gasteiger partial charge in [0.25, 0.3) is 0 Å². The van der Waals surface area contributed by atoms with Crippen molar-refractivity contribution in [3.8, 4) is 11.1 Å². The van der Waals surface area contributed by atoms with E-state index < -0.39 is 5.91 Å². The summed E-state index contributed by atoms with van der Waals surface area (Å²) in [7, 11) is 0. The molecule has 3 aromatic rings. The number of amides is 2. The van der Waals surface area contributed by atoms with E-state index in [4.69, 9.17) is 11.5 Å². The zero-order valence-electron chi connectivity index (χ0n) is 20.8. The van der Waals surface area contributed by atoms with Gasteiger partial charge in [0.2, 0.25) is 11.8 Å². The minimum Gasteiger partial charge on any atom is -0.398 e. The molecule has 1 saturated carbocycles.